The van der Waals surface area contributed by atoms with Gasteiger partial charge in [-0.2, -0.15) is 8.42 Å². The second-order valence-electron chi connectivity index (χ2n) is 7.06. The normalized spacial score (nSPS) is 40.0. The number of carbonyl (C=O) groups excluding carboxylic acids is 2. The highest BCUT2D eigenvalue weighted by atomic mass is 32.2. The molecule has 3 fully saturated rings. The fourth-order valence-corrected chi connectivity index (χ4v) is 6.63. The van der Waals surface area contributed by atoms with E-state index >= 15 is 0 Å². The first kappa shape index (κ1) is 18.3. The van der Waals surface area contributed by atoms with Crippen molar-refractivity contribution in [2.75, 3.05) is 19.8 Å². The number of aliphatic hydroxyl groups excluding tert-OH is 2. The number of aliphatic hydroxyl groups is 2. The zero-order valence-electron chi connectivity index (χ0n) is 13.6. The minimum Gasteiger partial charge on any atom is -0.458 e. The van der Waals surface area contributed by atoms with Gasteiger partial charge >= 0.3 is 11.9 Å². The molecule has 0 aromatic carbocycles. The largest absolute Gasteiger partial charge is 0.458 e. The maximum Gasteiger partial charge on any atom is 0.344 e. The van der Waals surface area contributed by atoms with Crippen molar-refractivity contribution in [3.8, 4) is 0 Å². The van der Waals surface area contributed by atoms with Gasteiger partial charge in [0.15, 0.2) is 6.61 Å². The summed E-state index contributed by atoms with van der Waals surface area (Å²) in [6.45, 7) is 3.22. The monoisotopic (exact) mass is 376 g/mol. The number of ether oxygens (including phenoxy) is 2. The van der Waals surface area contributed by atoms with Crippen LogP contribution in [-0.2, 0) is 33.4 Å². The molecule has 9 nitrogen and oxygen atoms in total. The van der Waals surface area contributed by atoms with E-state index in [-0.39, 0.29) is 18.4 Å². The molecule has 10 heteroatoms. The zero-order chi connectivity index (χ0) is 18.6. The van der Waals surface area contributed by atoms with E-state index in [1.54, 1.807) is 0 Å². The van der Waals surface area contributed by atoms with Gasteiger partial charge in [0.2, 0.25) is 0 Å². The van der Waals surface area contributed by atoms with Crippen LogP contribution in [0.5, 0.6) is 0 Å². The molecular formula is C15H20O9S. The Kier molecular flexibility index (Phi) is 4.22. The Hall–Kier alpha value is -1.49. The predicted octanol–water partition coefficient (Wildman–Crippen LogP) is -1.12. The Balaban J connectivity index is 1.82. The lowest BCUT2D eigenvalue weighted by atomic mass is 9.78. The van der Waals surface area contributed by atoms with Crippen LogP contribution < -0.4 is 0 Å². The van der Waals surface area contributed by atoms with Crippen molar-refractivity contribution in [1.82, 2.24) is 0 Å². The third-order valence-electron chi connectivity index (χ3n) is 5.46. The summed E-state index contributed by atoms with van der Waals surface area (Å²) < 4.78 is 39.8. The molecule has 3 rings (SSSR count). The molecule has 5 atom stereocenters. The van der Waals surface area contributed by atoms with Gasteiger partial charge in [0, 0.05) is 16.4 Å². The average Bonchev–Trinajstić information content (AvgIpc) is 3.05. The molecule has 0 amide bonds. The highest BCUT2D eigenvalue weighted by Gasteiger charge is 2.79. The van der Waals surface area contributed by atoms with Gasteiger partial charge in [-0.25, -0.2) is 9.59 Å². The van der Waals surface area contributed by atoms with Gasteiger partial charge < -0.3 is 19.7 Å². The van der Waals surface area contributed by atoms with Gasteiger partial charge in [0.1, 0.15) is 11.4 Å². The Morgan fingerprint density at radius 1 is 1.32 bits per heavy atom. The minimum absolute atomic E-state index is 0.105. The number of hydrogen-bond donors (Lipinski definition) is 2. The van der Waals surface area contributed by atoms with Crippen LogP contribution in [0, 0.1) is 10.8 Å². The summed E-state index contributed by atoms with van der Waals surface area (Å²) >= 11 is 0. The van der Waals surface area contributed by atoms with Gasteiger partial charge in [-0.3, -0.25) is 4.18 Å². The van der Waals surface area contributed by atoms with Gasteiger partial charge in [-0.05, 0) is 19.8 Å². The van der Waals surface area contributed by atoms with E-state index in [0.717, 1.165) is 0 Å². The quantitative estimate of drug-likeness (QED) is 0.335. The van der Waals surface area contributed by atoms with Crippen molar-refractivity contribution in [2.45, 2.75) is 37.2 Å². The maximum absolute atomic E-state index is 12.3. The molecule has 0 spiro atoms. The molecule has 1 aliphatic heterocycles. The molecule has 3 aliphatic rings. The van der Waals surface area contributed by atoms with Crippen LogP contribution in [0.4, 0.5) is 0 Å². The van der Waals surface area contributed by atoms with Crippen molar-refractivity contribution < 1.29 is 41.9 Å². The van der Waals surface area contributed by atoms with Crippen LogP contribution in [0.1, 0.15) is 19.8 Å². The van der Waals surface area contributed by atoms with Crippen molar-refractivity contribution >= 4 is 22.1 Å². The lowest BCUT2D eigenvalue weighted by Gasteiger charge is -2.36. The van der Waals surface area contributed by atoms with E-state index in [1.807, 2.05) is 0 Å². The van der Waals surface area contributed by atoms with Crippen molar-refractivity contribution in [2.24, 2.45) is 10.8 Å². The average molecular weight is 376 g/mol. The molecular weight excluding hydrogens is 356 g/mol. The Morgan fingerprint density at radius 2 is 2.00 bits per heavy atom. The summed E-state index contributed by atoms with van der Waals surface area (Å²) in [7, 11) is -4.06. The number of esters is 2. The summed E-state index contributed by atoms with van der Waals surface area (Å²) in [4.78, 5) is 23.4. The van der Waals surface area contributed by atoms with Crippen LogP contribution in [0.15, 0.2) is 12.2 Å². The van der Waals surface area contributed by atoms with Crippen LogP contribution in [-0.4, -0.2) is 67.8 Å². The molecule has 1 saturated heterocycles. The second-order valence-corrected chi connectivity index (χ2v) is 8.74. The maximum atomic E-state index is 12.3. The zero-order valence-corrected chi connectivity index (χ0v) is 14.5. The summed E-state index contributed by atoms with van der Waals surface area (Å²) in [6.07, 6.45) is -1.59. The molecule has 2 N–H and O–H groups in total. The number of rotatable bonds is 6. The van der Waals surface area contributed by atoms with Crippen molar-refractivity contribution in [3.05, 3.63) is 12.2 Å². The third kappa shape index (κ3) is 2.50. The fraction of sp³-hybridized carbons (Fsp3) is 0.733. The van der Waals surface area contributed by atoms with Gasteiger partial charge in [-0.15, -0.1) is 0 Å². The number of carbonyl (C=O) groups is 2. The first-order chi connectivity index (χ1) is 11.6. The summed E-state index contributed by atoms with van der Waals surface area (Å²) in [5, 5.41) is 18.4. The minimum atomic E-state index is -4.06. The molecule has 2 bridgehead atoms. The van der Waals surface area contributed by atoms with E-state index in [2.05, 4.69) is 6.58 Å². The van der Waals surface area contributed by atoms with E-state index in [4.69, 9.17) is 13.7 Å². The van der Waals surface area contributed by atoms with Crippen LogP contribution in [0.2, 0.25) is 0 Å². The smallest absolute Gasteiger partial charge is 0.344 e. The topological polar surface area (TPSA) is 136 Å². The molecule has 5 unspecified atom stereocenters. The van der Waals surface area contributed by atoms with E-state index in [1.165, 1.54) is 6.92 Å². The lowest BCUT2D eigenvalue weighted by molar-refractivity contribution is -0.167. The fourth-order valence-electron chi connectivity index (χ4n) is 4.40. The highest BCUT2D eigenvalue weighted by molar-refractivity contribution is 7.87. The van der Waals surface area contributed by atoms with E-state index in [0.29, 0.717) is 0 Å². The summed E-state index contributed by atoms with van der Waals surface area (Å²) in [5.74, 6) is -1.71. The number of hydrogen-bond acceptors (Lipinski definition) is 9. The van der Waals surface area contributed by atoms with E-state index in [9.17, 15) is 28.2 Å². The molecule has 2 saturated carbocycles. The van der Waals surface area contributed by atoms with Crippen LogP contribution in [0.3, 0.4) is 0 Å². The Morgan fingerprint density at radius 3 is 2.56 bits per heavy atom. The third-order valence-corrected chi connectivity index (χ3v) is 7.30. The SMILES string of the molecule is C=C(C)C(=O)OCC(=O)OC1C2C3(CO)CC1(CO)CC3OS2(=O)=O. The second kappa shape index (κ2) is 5.76. The van der Waals surface area contributed by atoms with Gasteiger partial charge in [0.05, 0.1) is 19.3 Å². The molecule has 2 aliphatic carbocycles. The first-order valence-corrected chi connectivity index (χ1v) is 9.25. The molecule has 25 heavy (non-hydrogen) atoms. The lowest BCUT2D eigenvalue weighted by Crippen LogP contribution is -2.51. The van der Waals surface area contributed by atoms with Crippen molar-refractivity contribution in [3.63, 3.8) is 0 Å². The molecule has 1 heterocycles. The predicted molar refractivity (Wildman–Crippen MR) is 81.5 cm³/mol. The summed E-state index contributed by atoms with van der Waals surface area (Å²) in [5.41, 5.74) is -2.00. The van der Waals surface area contributed by atoms with Crippen molar-refractivity contribution in [1.29, 1.82) is 0 Å². The molecule has 0 aromatic heterocycles. The number of fused-ring (bicyclic) bond motifs is 1. The van der Waals surface area contributed by atoms with Crippen LogP contribution >= 0.6 is 0 Å². The Labute approximate surface area is 144 Å². The standard InChI is InChI=1S/C15H20O9S/c1-8(2)13(19)22-4-10(18)23-11-12-15(7-17)5-14(11,6-16)3-9(15)24-25(12,20)21/h9,11-12,16-17H,1,3-7H2,2H3. The Bertz CT molecular complexity index is 729. The molecule has 140 valence electrons. The molecule has 0 aromatic rings. The van der Waals surface area contributed by atoms with Gasteiger partial charge in [-0.1, -0.05) is 6.58 Å². The van der Waals surface area contributed by atoms with E-state index < -0.39 is 70.2 Å². The highest BCUT2D eigenvalue weighted by Crippen LogP contribution is 2.68. The molecule has 0 radical (unpaired) electrons. The van der Waals surface area contributed by atoms with Gasteiger partial charge in [0.25, 0.3) is 10.1 Å². The first-order valence-electron chi connectivity index (χ1n) is 7.78. The summed E-state index contributed by atoms with van der Waals surface area (Å²) in [6, 6.07) is 0. The van der Waals surface area contributed by atoms with Crippen LogP contribution in [0.25, 0.3) is 0 Å².